The second-order valence-corrected chi connectivity index (χ2v) is 7.50. The van der Waals surface area contributed by atoms with Gasteiger partial charge in [0.2, 0.25) is 0 Å². The second-order valence-electron chi connectivity index (χ2n) is 7.50. The minimum Gasteiger partial charge on any atom is -0.193 e. The van der Waals surface area contributed by atoms with Gasteiger partial charge in [-0.2, -0.15) is 5.26 Å². The number of hydrogen-bond donors (Lipinski definition) is 0. The first-order valence-corrected chi connectivity index (χ1v) is 9.73. The molecule has 0 unspecified atom stereocenters. The second kappa shape index (κ2) is 10.5. The molecule has 2 fully saturated rings. The first-order valence-electron chi connectivity index (χ1n) is 9.73. The van der Waals surface area contributed by atoms with Crippen LogP contribution in [0.25, 0.3) is 0 Å². The van der Waals surface area contributed by atoms with E-state index in [2.05, 4.69) is 25.2 Å². The summed E-state index contributed by atoms with van der Waals surface area (Å²) in [5.74, 6) is 3.40. The van der Waals surface area contributed by atoms with Gasteiger partial charge in [0.15, 0.2) is 0 Å². The van der Waals surface area contributed by atoms with Crippen LogP contribution in [-0.2, 0) is 0 Å². The van der Waals surface area contributed by atoms with E-state index in [0.29, 0.717) is 5.92 Å². The Bertz CT molecular complexity index is 435. The Labute approximate surface area is 143 Å². The molecule has 0 heterocycles. The zero-order chi connectivity index (χ0) is 16.3. The molecule has 2 aliphatic rings. The Hall–Kier alpha value is -1.29. The first kappa shape index (κ1) is 18.1. The van der Waals surface area contributed by atoms with Crippen molar-refractivity contribution >= 4 is 0 Å². The van der Waals surface area contributed by atoms with Gasteiger partial charge in [0, 0.05) is 6.08 Å². The molecule has 0 aromatic rings. The summed E-state index contributed by atoms with van der Waals surface area (Å²) in [5, 5.41) is 8.47. The summed E-state index contributed by atoms with van der Waals surface area (Å²) in [4.78, 5) is 0. The van der Waals surface area contributed by atoms with Crippen LogP contribution in [0.1, 0.15) is 71.1 Å². The Kier molecular flexibility index (Phi) is 8.23. The van der Waals surface area contributed by atoms with Crippen LogP contribution in [0.2, 0.25) is 0 Å². The Morgan fingerprint density at radius 2 is 1.30 bits per heavy atom. The lowest BCUT2D eigenvalue weighted by Crippen LogP contribution is -2.14. The zero-order valence-corrected chi connectivity index (χ0v) is 14.8. The van der Waals surface area contributed by atoms with Crippen LogP contribution < -0.4 is 0 Å². The number of nitriles is 1. The summed E-state index contributed by atoms with van der Waals surface area (Å²) >= 11 is 0. The van der Waals surface area contributed by atoms with Crippen LogP contribution in [0, 0.1) is 35.0 Å². The van der Waals surface area contributed by atoms with Crippen molar-refractivity contribution < 1.29 is 0 Å². The molecule has 0 spiro atoms. The van der Waals surface area contributed by atoms with Gasteiger partial charge in [-0.3, -0.25) is 0 Å². The third-order valence-corrected chi connectivity index (χ3v) is 5.73. The fraction of sp³-hybridized carbons (Fsp3) is 0.682. The maximum atomic E-state index is 8.47. The molecular formula is C22H33N. The minimum absolute atomic E-state index is 0.715. The van der Waals surface area contributed by atoms with Crippen LogP contribution >= 0.6 is 0 Å². The molecule has 0 aromatic carbocycles. The molecular weight excluding hydrogens is 278 g/mol. The van der Waals surface area contributed by atoms with Crippen molar-refractivity contribution in [3.8, 4) is 6.07 Å². The molecule has 0 amide bonds. The Balaban J connectivity index is 1.65. The molecule has 2 rings (SSSR count). The van der Waals surface area contributed by atoms with Gasteiger partial charge in [0.05, 0.1) is 6.07 Å². The van der Waals surface area contributed by atoms with E-state index in [-0.39, 0.29) is 0 Å². The summed E-state index contributed by atoms with van der Waals surface area (Å²) in [7, 11) is 0. The van der Waals surface area contributed by atoms with Crippen molar-refractivity contribution in [3.05, 3.63) is 36.5 Å². The molecule has 0 aromatic heterocycles. The van der Waals surface area contributed by atoms with Crippen LogP contribution in [0.15, 0.2) is 36.5 Å². The molecule has 0 N–H and O–H groups in total. The van der Waals surface area contributed by atoms with Crippen molar-refractivity contribution in [2.45, 2.75) is 71.1 Å². The largest absolute Gasteiger partial charge is 0.193 e. The smallest absolute Gasteiger partial charge is 0.0912 e. The van der Waals surface area contributed by atoms with Crippen LogP contribution in [0.5, 0.6) is 0 Å². The van der Waals surface area contributed by atoms with Crippen molar-refractivity contribution in [1.82, 2.24) is 0 Å². The van der Waals surface area contributed by atoms with E-state index in [1.807, 2.05) is 18.2 Å². The quantitative estimate of drug-likeness (QED) is 0.308. The molecule has 2 saturated carbocycles. The molecule has 1 nitrogen and oxygen atoms in total. The topological polar surface area (TPSA) is 23.8 Å². The highest BCUT2D eigenvalue weighted by Gasteiger charge is 2.20. The van der Waals surface area contributed by atoms with Crippen molar-refractivity contribution in [1.29, 1.82) is 5.26 Å². The van der Waals surface area contributed by atoms with Crippen LogP contribution in [0.3, 0.4) is 0 Å². The molecule has 0 aliphatic heterocycles. The fourth-order valence-electron chi connectivity index (χ4n) is 4.24. The van der Waals surface area contributed by atoms with Gasteiger partial charge in [-0.25, -0.2) is 0 Å². The van der Waals surface area contributed by atoms with Gasteiger partial charge < -0.3 is 0 Å². The van der Waals surface area contributed by atoms with Crippen molar-refractivity contribution in [2.75, 3.05) is 0 Å². The number of rotatable bonds is 6. The number of hydrogen-bond acceptors (Lipinski definition) is 1. The summed E-state index contributed by atoms with van der Waals surface area (Å²) < 4.78 is 0. The summed E-state index contributed by atoms with van der Waals surface area (Å²) in [6.07, 6.45) is 26.6. The van der Waals surface area contributed by atoms with Gasteiger partial charge in [-0.15, -0.1) is 0 Å². The highest BCUT2D eigenvalue weighted by atomic mass is 14.3. The fourth-order valence-corrected chi connectivity index (χ4v) is 4.24. The zero-order valence-electron chi connectivity index (χ0n) is 14.8. The Morgan fingerprint density at radius 1 is 0.783 bits per heavy atom. The van der Waals surface area contributed by atoms with Gasteiger partial charge >= 0.3 is 0 Å². The van der Waals surface area contributed by atoms with Crippen molar-refractivity contribution in [2.24, 2.45) is 23.7 Å². The minimum atomic E-state index is 0.715. The highest BCUT2D eigenvalue weighted by Crippen LogP contribution is 2.34. The SMILES string of the molecule is CCCC1CCC(C=CC2CCC(C=CC=CC#N)CC2)CC1. The first-order chi connectivity index (χ1) is 11.3. The predicted molar refractivity (Wildman–Crippen MR) is 98.8 cm³/mol. The predicted octanol–water partition coefficient (Wildman–Crippen LogP) is 6.59. The molecule has 1 heteroatoms. The van der Waals surface area contributed by atoms with Crippen molar-refractivity contribution in [3.63, 3.8) is 0 Å². The number of nitrogens with zero attached hydrogens (tertiary/aromatic N) is 1. The molecule has 126 valence electrons. The third-order valence-electron chi connectivity index (χ3n) is 5.73. The normalized spacial score (nSPS) is 32.7. The van der Waals surface area contributed by atoms with E-state index in [0.717, 1.165) is 17.8 Å². The van der Waals surface area contributed by atoms with Gasteiger partial charge in [-0.05, 0) is 75.0 Å². The molecule has 0 saturated heterocycles. The lowest BCUT2D eigenvalue weighted by atomic mass is 9.78. The van der Waals surface area contributed by atoms with Gasteiger partial charge in [0.1, 0.15) is 0 Å². The average molecular weight is 312 g/mol. The molecule has 0 radical (unpaired) electrons. The molecule has 0 atom stereocenters. The van der Waals surface area contributed by atoms with Crippen LogP contribution in [0.4, 0.5) is 0 Å². The summed E-state index contributed by atoms with van der Waals surface area (Å²) in [6, 6.07) is 2.03. The van der Waals surface area contributed by atoms with E-state index in [1.54, 1.807) is 6.08 Å². The van der Waals surface area contributed by atoms with E-state index < -0.39 is 0 Å². The third kappa shape index (κ3) is 6.78. The van der Waals surface area contributed by atoms with Gasteiger partial charge in [-0.1, -0.05) is 50.1 Å². The lowest BCUT2D eigenvalue weighted by Gasteiger charge is -2.28. The summed E-state index contributed by atoms with van der Waals surface area (Å²) in [5.41, 5.74) is 0. The standard InChI is InChI=1S/C22H33N/c1-2-6-19-8-12-21(13-9-19)16-17-22-14-10-20(11-15-22)7-4-3-5-18-23/h3-5,7,16-17,19-22H,2,6,8-15H2,1H3. The maximum Gasteiger partial charge on any atom is 0.0912 e. The van der Waals surface area contributed by atoms with E-state index >= 15 is 0 Å². The van der Waals surface area contributed by atoms with Crippen LogP contribution in [-0.4, -0.2) is 0 Å². The van der Waals surface area contributed by atoms with E-state index in [9.17, 15) is 0 Å². The van der Waals surface area contributed by atoms with E-state index in [4.69, 9.17) is 5.26 Å². The Morgan fingerprint density at radius 3 is 1.83 bits per heavy atom. The highest BCUT2D eigenvalue weighted by molar-refractivity contribution is 5.12. The molecule has 23 heavy (non-hydrogen) atoms. The lowest BCUT2D eigenvalue weighted by molar-refractivity contribution is 0.292. The molecule has 2 aliphatic carbocycles. The average Bonchev–Trinajstić information content (AvgIpc) is 2.59. The number of allylic oxidation sites excluding steroid dienone is 6. The van der Waals surface area contributed by atoms with Gasteiger partial charge in [0.25, 0.3) is 0 Å². The maximum absolute atomic E-state index is 8.47. The molecule has 0 bridgehead atoms. The van der Waals surface area contributed by atoms with E-state index in [1.165, 1.54) is 64.2 Å². The summed E-state index contributed by atoms with van der Waals surface area (Å²) in [6.45, 7) is 2.32. The monoisotopic (exact) mass is 311 g/mol.